The van der Waals surface area contributed by atoms with Crippen LogP contribution < -0.4 is 5.32 Å². The van der Waals surface area contributed by atoms with Gasteiger partial charge >= 0.3 is 0 Å². The Morgan fingerprint density at radius 2 is 1.90 bits per heavy atom. The summed E-state index contributed by atoms with van der Waals surface area (Å²) in [6, 6.07) is 12.8. The van der Waals surface area contributed by atoms with Gasteiger partial charge in [-0.25, -0.2) is 9.37 Å². The van der Waals surface area contributed by atoms with E-state index in [-0.39, 0.29) is 5.82 Å². The zero-order valence-corrected chi connectivity index (χ0v) is 12.6. The maximum absolute atomic E-state index is 13.6. The SMILES string of the molecule is CCCNc1cccc(CN(C)Cc2ccccc2F)n1. The minimum absolute atomic E-state index is 0.157. The lowest BCUT2D eigenvalue weighted by molar-refractivity contribution is 0.310. The van der Waals surface area contributed by atoms with E-state index in [1.165, 1.54) is 6.07 Å². The summed E-state index contributed by atoms with van der Waals surface area (Å²) in [5.74, 6) is 0.740. The fraction of sp³-hybridized carbons (Fsp3) is 0.353. The van der Waals surface area contributed by atoms with Crippen LogP contribution in [0.3, 0.4) is 0 Å². The minimum atomic E-state index is -0.157. The van der Waals surface area contributed by atoms with E-state index in [0.717, 1.165) is 24.5 Å². The minimum Gasteiger partial charge on any atom is -0.370 e. The first-order valence-corrected chi connectivity index (χ1v) is 7.30. The van der Waals surface area contributed by atoms with Crippen molar-refractivity contribution in [1.82, 2.24) is 9.88 Å². The van der Waals surface area contributed by atoms with Gasteiger partial charge in [0.15, 0.2) is 0 Å². The van der Waals surface area contributed by atoms with Gasteiger partial charge in [-0.05, 0) is 31.7 Å². The van der Waals surface area contributed by atoms with Crippen molar-refractivity contribution in [3.63, 3.8) is 0 Å². The second-order valence-electron chi connectivity index (χ2n) is 5.20. The van der Waals surface area contributed by atoms with Crippen LogP contribution >= 0.6 is 0 Å². The molecule has 0 atom stereocenters. The van der Waals surface area contributed by atoms with Crippen molar-refractivity contribution >= 4 is 5.82 Å². The Morgan fingerprint density at radius 3 is 2.67 bits per heavy atom. The Bertz CT molecular complexity index is 571. The zero-order valence-electron chi connectivity index (χ0n) is 12.6. The highest BCUT2D eigenvalue weighted by atomic mass is 19.1. The first-order valence-electron chi connectivity index (χ1n) is 7.30. The molecule has 0 saturated heterocycles. The van der Waals surface area contributed by atoms with Crippen molar-refractivity contribution in [1.29, 1.82) is 0 Å². The molecule has 4 heteroatoms. The van der Waals surface area contributed by atoms with Crippen LogP contribution in [-0.2, 0) is 13.1 Å². The largest absolute Gasteiger partial charge is 0.370 e. The highest BCUT2D eigenvalue weighted by molar-refractivity contribution is 5.35. The number of halogens is 1. The Balaban J connectivity index is 1.96. The van der Waals surface area contributed by atoms with E-state index in [1.54, 1.807) is 6.07 Å². The second-order valence-corrected chi connectivity index (χ2v) is 5.20. The molecule has 0 unspecified atom stereocenters. The molecular formula is C17H22FN3. The molecule has 0 aliphatic carbocycles. The van der Waals surface area contributed by atoms with Crippen molar-refractivity contribution in [3.05, 3.63) is 59.5 Å². The third-order valence-corrected chi connectivity index (χ3v) is 3.19. The van der Waals surface area contributed by atoms with Gasteiger partial charge in [0, 0.05) is 25.2 Å². The number of aromatic nitrogens is 1. The highest BCUT2D eigenvalue weighted by Crippen LogP contribution is 2.12. The van der Waals surface area contributed by atoms with Gasteiger partial charge in [0.1, 0.15) is 11.6 Å². The molecule has 2 rings (SSSR count). The van der Waals surface area contributed by atoms with Gasteiger partial charge in [0.05, 0.1) is 5.69 Å². The standard InChI is InChI=1S/C17H22FN3/c1-3-11-19-17-10-6-8-15(20-17)13-21(2)12-14-7-4-5-9-16(14)18/h4-10H,3,11-13H2,1-2H3,(H,19,20). The number of hydrogen-bond acceptors (Lipinski definition) is 3. The average molecular weight is 287 g/mol. The molecule has 0 fully saturated rings. The summed E-state index contributed by atoms with van der Waals surface area (Å²) in [5, 5.41) is 3.28. The first-order chi connectivity index (χ1) is 10.2. The molecule has 0 saturated carbocycles. The van der Waals surface area contributed by atoms with Crippen molar-refractivity contribution in [3.8, 4) is 0 Å². The quantitative estimate of drug-likeness (QED) is 0.842. The molecule has 1 heterocycles. The molecule has 0 bridgehead atoms. The predicted molar refractivity (Wildman–Crippen MR) is 84.6 cm³/mol. The number of benzene rings is 1. The molecule has 0 aliphatic heterocycles. The van der Waals surface area contributed by atoms with E-state index < -0.39 is 0 Å². The number of nitrogens with one attached hydrogen (secondary N) is 1. The predicted octanol–water partition coefficient (Wildman–Crippen LogP) is 3.67. The molecular weight excluding hydrogens is 265 g/mol. The topological polar surface area (TPSA) is 28.2 Å². The van der Waals surface area contributed by atoms with Crippen LogP contribution in [0.25, 0.3) is 0 Å². The molecule has 0 spiro atoms. The molecule has 21 heavy (non-hydrogen) atoms. The van der Waals surface area contributed by atoms with E-state index in [9.17, 15) is 4.39 Å². The number of nitrogens with zero attached hydrogens (tertiary/aromatic N) is 2. The lowest BCUT2D eigenvalue weighted by atomic mass is 10.2. The third-order valence-electron chi connectivity index (χ3n) is 3.19. The summed E-state index contributed by atoms with van der Waals surface area (Å²) in [7, 11) is 1.97. The average Bonchev–Trinajstić information content (AvgIpc) is 2.48. The fourth-order valence-corrected chi connectivity index (χ4v) is 2.17. The van der Waals surface area contributed by atoms with Crippen molar-refractivity contribution in [2.45, 2.75) is 26.4 Å². The normalized spacial score (nSPS) is 10.9. The highest BCUT2D eigenvalue weighted by Gasteiger charge is 2.07. The summed E-state index contributed by atoms with van der Waals surface area (Å²) >= 11 is 0. The maximum atomic E-state index is 13.6. The van der Waals surface area contributed by atoms with Gasteiger partial charge in [-0.1, -0.05) is 31.2 Å². The molecule has 1 aromatic heterocycles. The lowest BCUT2D eigenvalue weighted by Crippen LogP contribution is -2.19. The number of anilines is 1. The van der Waals surface area contributed by atoms with Crippen molar-refractivity contribution < 1.29 is 4.39 Å². The zero-order chi connectivity index (χ0) is 15.1. The van der Waals surface area contributed by atoms with E-state index >= 15 is 0 Å². The first kappa shape index (κ1) is 15.4. The Morgan fingerprint density at radius 1 is 1.10 bits per heavy atom. The molecule has 0 radical (unpaired) electrons. The summed E-state index contributed by atoms with van der Waals surface area (Å²) in [6.07, 6.45) is 1.07. The van der Waals surface area contributed by atoms with Gasteiger partial charge in [-0.15, -0.1) is 0 Å². The summed E-state index contributed by atoms with van der Waals surface area (Å²) in [4.78, 5) is 6.63. The maximum Gasteiger partial charge on any atom is 0.127 e. The van der Waals surface area contributed by atoms with Crippen LogP contribution in [0.4, 0.5) is 10.2 Å². The van der Waals surface area contributed by atoms with E-state index in [4.69, 9.17) is 0 Å². The van der Waals surface area contributed by atoms with Crippen LogP contribution in [-0.4, -0.2) is 23.5 Å². The molecule has 1 N–H and O–H groups in total. The lowest BCUT2D eigenvalue weighted by Gasteiger charge is -2.17. The van der Waals surface area contributed by atoms with Crippen LogP contribution in [0.1, 0.15) is 24.6 Å². The summed E-state index contributed by atoms with van der Waals surface area (Å²) < 4.78 is 13.6. The Kier molecular flexibility index (Phi) is 5.69. The molecule has 0 amide bonds. The summed E-state index contributed by atoms with van der Waals surface area (Å²) in [5.41, 5.74) is 1.69. The monoisotopic (exact) mass is 287 g/mol. The van der Waals surface area contributed by atoms with Crippen LogP contribution in [0, 0.1) is 5.82 Å². The van der Waals surface area contributed by atoms with Gasteiger partial charge < -0.3 is 5.32 Å². The van der Waals surface area contributed by atoms with Gasteiger partial charge in [0.2, 0.25) is 0 Å². The van der Waals surface area contributed by atoms with E-state index in [2.05, 4.69) is 22.1 Å². The van der Waals surface area contributed by atoms with E-state index in [1.807, 2.05) is 37.4 Å². The molecule has 3 nitrogen and oxygen atoms in total. The molecule has 1 aromatic carbocycles. The fourth-order valence-electron chi connectivity index (χ4n) is 2.17. The van der Waals surface area contributed by atoms with Crippen molar-refractivity contribution in [2.24, 2.45) is 0 Å². The number of rotatable bonds is 7. The van der Waals surface area contributed by atoms with Crippen LogP contribution in [0.2, 0.25) is 0 Å². The Hall–Kier alpha value is -1.94. The Labute approximate surface area is 125 Å². The smallest absolute Gasteiger partial charge is 0.127 e. The molecule has 2 aromatic rings. The van der Waals surface area contributed by atoms with Gasteiger partial charge in [-0.3, -0.25) is 4.90 Å². The summed E-state index contributed by atoms with van der Waals surface area (Å²) in [6.45, 7) is 4.30. The van der Waals surface area contributed by atoms with Gasteiger partial charge in [0.25, 0.3) is 0 Å². The molecule has 112 valence electrons. The number of hydrogen-bond donors (Lipinski definition) is 1. The second kappa shape index (κ2) is 7.74. The van der Waals surface area contributed by atoms with Crippen molar-refractivity contribution in [2.75, 3.05) is 18.9 Å². The van der Waals surface area contributed by atoms with Crippen LogP contribution in [0.5, 0.6) is 0 Å². The molecule has 0 aliphatic rings. The third kappa shape index (κ3) is 4.83. The van der Waals surface area contributed by atoms with Gasteiger partial charge in [-0.2, -0.15) is 0 Å². The van der Waals surface area contributed by atoms with E-state index in [0.29, 0.717) is 18.7 Å². The number of pyridine rings is 1. The van der Waals surface area contributed by atoms with Crippen LogP contribution in [0.15, 0.2) is 42.5 Å².